The number of phenols is 1. The van der Waals surface area contributed by atoms with E-state index in [1.54, 1.807) is 6.07 Å². The van der Waals surface area contributed by atoms with Gasteiger partial charge in [-0.05, 0) is 74.8 Å². The van der Waals surface area contributed by atoms with Crippen LogP contribution in [0.15, 0.2) is 137 Å². The summed E-state index contributed by atoms with van der Waals surface area (Å²) in [6.07, 6.45) is 5.41. The molecule has 4 aromatic rings. The number of halogens is 1. The molecule has 5 rings (SSSR count). The Morgan fingerprint density at radius 2 is 1.54 bits per heavy atom. The fourth-order valence-electron chi connectivity index (χ4n) is 6.38. The summed E-state index contributed by atoms with van der Waals surface area (Å²) in [5.41, 5.74) is 4.70. The molecule has 0 radical (unpaired) electrons. The summed E-state index contributed by atoms with van der Waals surface area (Å²) in [5, 5.41) is 23.4. The van der Waals surface area contributed by atoms with E-state index in [1.165, 1.54) is 10.4 Å². The van der Waals surface area contributed by atoms with E-state index in [0.717, 1.165) is 32.3 Å². The zero-order valence-electron chi connectivity index (χ0n) is 26.8. The smallest absolute Gasteiger partial charge is 0.458 e. The minimum absolute atomic E-state index is 0.156. The van der Waals surface area contributed by atoms with Crippen LogP contribution in [-0.2, 0) is 9.08 Å². The number of benzene rings is 4. The third kappa shape index (κ3) is 7.73. The van der Waals surface area contributed by atoms with Crippen LogP contribution >= 0.6 is 15.9 Å². The molecule has 4 nitrogen and oxygen atoms in total. The molecule has 1 aliphatic heterocycles. The van der Waals surface area contributed by atoms with Gasteiger partial charge in [0.05, 0.1) is 12.7 Å². The molecule has 46 heavy (non-hydrogen) atoms. The summed E-state index contributed by atoms with van der Waals surface area (Å²) in [6, 6.07) is 36.8. The molecule has 0 amide bonds. The summed E-state index contributed by atoms with van der Waals surface area (Å²) < 4.78 is 14.3. The van der Waals surface area contributed by atoms with Gasteiger partial charge in [0.15, 0.2) is 0 Å². The van der Waals surface area contributed by atoms with Crippen LogP contribution in [0.3, 0.4) is 0 Å². The van der Waals surface area contributed by atoms with E-state index < -0.39 is 15.4 Å². The van der Waals surface area contributed by atoms with Crippen molar-refractivity contribution in [1.29, 1.82) is 0 Å². The fraction of sp³-hybridized carbons (Fsp3) is 0.231. The standard InChI is InChI=1S/C39H42BBrO4Si/c1-29(28-44-46(39(2,3)4,34-16-10-6-11-17-34)35-18-12-7-13-19-35)36-24-25-40(43)45-38(36)23-20-31(30-14-8-5-9-15-30)26-32-27-33(41)21-22-37(32)42/h5-19,21-22,24,26-27,38,42-43H,1,20,23,25,28H2,2-4H3/b31-26-. The first kappa shape index (κ1) is 33.9. The first-order valence-electron chi connectivity index (χ1n) is 15.8. The predicted molar refractivity (Wildman–Crippen MR) is 198 cm³/mol. The highest BCUT2D eigenvalue weighted by Crippen LogP contribution is 2.38. The third-order valence-corrected chi connectivity index (χ3v) is 14.1. The molecule has 0 aliphatic carbocycles. The van der Waals surface area contributed by atoms with Gasteiger partial charge in [-0.2, -0.15) is 0 Å². The van der Waals surface area contributed by atoms with E-state index in [2.05, 4.69) is 110 Å². The van der Waals surface area contributed by atoms with Gasteiger partial charge in [-0.1, -0.05) is 140 Å². The largest absolute Gasteiger partial charge is 0.507 e. The molecular weight excluding hydrogens is 651 g/mol. The quantitative estimate of drug-likeness (QED) is 0.122. The average Bonchev–Trinajstić information content (AvgIpc) is 3.05. The average molecular weight is 694 g/mol. The summed E-state index contributed by atoms with van der Waals surface area (Å²) in [6.45, 7) is 11.7. The van der Waals surface area contributed by atoms with Crippen molar-refractivity contribution in [1.82, 2.24) is 0 Å². The molecule has 0 saturated carbocycles. The van der Waals surface area contributed by atoms with Crippen molar-refractivity contribution in [3.05, 3.63) is 149 Å². The topological polar surface area (TPSA) is 58.9 Å². The van der Waals surface area contributed by atoms with Crippen molar-refractivity contribution >= 4 is 53.4 Å². The summed E-state index contributed by atoms with van der Waals surface area (Å²) in [4.78, 5) is 0. The van der Waals surface area contributed by atoms with Gasteiger partial charge in [0, 0.05) is 16.4 Å². The maximum absolute atomic E-state index is 10.6. The molecule has 0 bridgehead atoms. The number of hydrogen-bond donors (Lipinski definition) is 2. The lowest BCUT2D eigenvalue weighted by molar-refractivity contribution is 0.182. The van der Waals surface area contributed by atoms with Crippen molar-refractivity contribution in [2.45, 2.75) is 51.1 Å². The lowest BCUT2D eigenvalue weighted by Crippen LogP contribution is -2.66. The molecule has 7 heteroatoms. The van der Waals surface area contributed by atoms with Gasteiger partial charge in [-0.15, -0.1) is 0 Å². The Morgan fingerprint density at radius 1 is 0.957 bits per heavy atom. The second kappa shape index (κ2) is 15.0. The van der Waals surface area contributed by atoms with Crippen molar-refractivity contribution in [2.24, 2.45) is 0 Å². The Balaban J connectivity index is 1.42. The van der Waals surface area contributed by atoms with Crippen molar-refractivity contribution in [3.63, 3.8) is 0 Å². The van der Waals surface area contributed by atoms with Crippen molar-refractivity contribution in [2.75, 3.05) is 6.61 Å². The molecule has 1 atom stereocenters. The van der Waals surface area contributed by atoms with Gasteiger partial charge in [0.1, 0.15) is 5.75 Å². The molecule has 2 N–H and O–H groups in total. The molecule has 0 spiro atoms. The normalized spacial score (nSPS) is 15.8. The van der Waals surface area contributed by atoms with Crippen LogP contribution in [0.5, 0.6) is 5.75 Å². The minimum atomic E-state index is -2.76. The lowest BCUT2D eigenvalue weighted by atomic mass is 9.78. The molecule has 0 fully saturated rings. The van der Waals surface area contributed by atoms with Gasteiger partial charge in [-0.3, -0.25) is 0 Å². The van der Waals surface area contributed by atoms with E-state index >= 15 is 0 Å². The van der Waals surface area contributed by atoms with Crippen molar-refractivity contribution in [3.8, 4) is 5.75 Å². The first-order valence-corrected chi connectivity index (χ1v) is 18.5. The summed E-state index contributed by atoms with van der Waals surface area (Å²) in [5.74, 6) is 0.218. The Hall–Kier alpha value is -3.46. The molecule has 4 aromatic carbocycles. The number of phenolic OH excluding ortho intramolecular Hbond substituents is 1. The van der Waals surface area contributed by atoms with Gasteiger partial charge < -0.3 is 19.2 Å². The van der Waals surface area contributed by atoms with Crippen LogP contribution in [0.4, 0.5) is 0 Å². The maximum atomic E-state index is 10.6. The molecule has 1 unspecified atom stereocenters. The number of rotatable bonds is 11. The van der Waals surface area contributed by atoms with Crippen LogP contribution in [0, 0.1) is 0 Å². The summed E-state index contributed by atoms with van der Waals surface area (Å²) in [7, 11) is -3.64. The van der Waals surface area contributed by atoms with E-state index in [9.17, 15) is 10.1 Å². The maximum Gasteiger partial charge on any atom is 0.458 e. The first-order chi connectivity index (χ1) is 22.1. The molecule has 0 saturated heterocycles. The second-order valence-electron chi connectivity index (χ2n) is 12.8. The molecule has 1 heterocycles. The van der Waals surface area contributed by atoms with Gasteiger partial charge >= 0.3 is 7.12 Å². The Morgan fingerprint density at radius 3 is 2.13 bits per heavy atom. The van der Waals surface area contributed by atoms with E-state index in [-0.39, 0.29) is 16.9 Å². The number of aromatic hydroxyl groups is 1. The minimum Gasteiger partial charge on any atom is -0.507 e. The predicted octanol–water partition coefficient (Wildman–Crippen LogP) is 8.41. The van der Waals surface area contributed by atoms with Crippen LogP contribution in [0.2, 0.25) is 11.4 Å². The number of hydrogen-bond acceptors (Lipinski definition) is 4. The van der Waals surface area contributed by atoms with E-state index in [1.807, 2.05) is 48.5 Å². The molecule has 0 aromatic heterocycles. The SMILES string of the molecule is C=C(CO[Si](c1ccccc1)(c1ccccc1)C(C)(C)C)C1=CCB(O)OC1CC/C(=C/c1cc(Br)ccc1O)c1ccccc1. The van der Waals surface area contributed by atoms with E-state index in [4.69, 9.17) is 9.08 Å². The molecule has 236 valence electrons. The fourth-order valence-corrected chi connectivity index (χ4v) is 11.3. The van der Waals surface area contributed by atoms with Crippen LogP contribution < -0.4 is 10.4 Å². The zero-order chi connectivity index (χ0) is 32.7. The Labute approximate surface area is 283 Å². The molecule has 1 aliphatic rings. The highest BCUT2D eigenvalue weighted by atomic mass is 79.9. The van der Waals surface area contributed by atoms with Gasteiger partial charge in [0.25, 0.3) is 8.32 Å². The Kier molecular flexibility index (Phi) is 11.0. The second-order valence-corrected chi connectivity index (χ2v) is 18.0. The zero-order valence-corrected chi connectivity index (χ0v) is 29.4. The van der Waals surface area contributed by atoms with E-state index in [0.29, 0.717) is 25.8 Å². The third-order valence-electron chi connectivity index (χ3n) is 8.64. The van der Waals surface area contributed by atoms with Crippen molar-refractivity contribution < 1.29 is 19.2 Å². The van der Waals surface area contributed by atoms with Crippen LogP contribution in [0.25, 0.3) is 11.6 Å². The highest BCUT2D eigenvalue weighted by molar-refractivity contribution is 9.10. The van der Waals surface area contributed by atoms with Crippen LogP contribution in [0.1, 0.15) is 44.7 Å². The highest BCUT2D eigenvalue weighted by Gasteiger charge is 2.50. The summed E-state index contributed by atoms with van der Waals surface area (Å²) >= 11 is 3.53. The Bertz CT molecular complexity index is 1640. The molecular formula is C39H42BBrO4Si. The monoisotopic (exact) mass is 692 g/mol. The van der Waals surface area contributed by atoms with Crippen LogP contribution in [-0.4, -0.2) is 38.3 Å². The number of allylic oxidation sites excluding steroid dienone is 2. The van der Waals surface area contributed by atoms with Gasteiger partial charge in [0.2, 0.25) is 0 Å². The lowest BCUT2D eigenvalue weighted by Gasteiger charge is -2.43. The van der Waals surface area contributed by atoms with Gasteiger partial charge in [-0.25, -0.2) is 0 Å².